The van der Waals surface area contributed by atoms with Crippen LogP contribution in [0.25, 0.3) is 0 Å². The molecule has 1 saturated heterocycles. The highest BCUT2D eigenvalue weighted by Crippen LogP contribution is 2.24. The van der Waals surface area contributed by atoms with Crippen LogP contribution in [0.5, 0.6) is 0 Å². The molecule has 0 aromatic heterocycles. The summed E-state index contributed by atoms with van der Waals surface area (Å²) in [5.74, 6) is -0.986. The van der Waals surface area contributed by atoms with Gasteiger partial charge in [0, 0.05) is 13.1 Å². The van der Waals surface area contributed by atoms with E-state index in [4.69, 9.17) is 0 Å². The van der Waals surface area contributed by atoms with Crippen LogP contribution in [-0.2, 0) is 21.2 Å². The number of nitrogens with zero attached hydrogens (tertiary/aromatic N) is 1. The number of anilines is 1. The summed E-state index contributed by atoms with van der Waals surface area (Å²) in [6.07, 6.45) is 2.44. The molecular formula is C30H35N3O4S. The van der Waals surface area contributed by atoms with Crippen LogP contribution in [-0.4, -0.2) is 43.4 Å². The minimum atomic E-state index is -3.47. The first-order chi connectivity index (χ1) is 18.3. The smallest absolute Gasteiger partial charge is 0.253 e. The van der Waals surface area contributed by atoms with Gasteiger partial charge in [-0.15, -0.1) is 0 Å². The zero-order valence-electron chi connectivity index (χ0n) is 21.7. The summed E-state index contributed by atoms with van der Waals surface area (Å²) in [6, 6.07) is 26.2. The van der Waals surface area contributed by atoms with Crippen LogP contribution in [0.1, 0.15) is 53.7 Å². The lowest BCUT2D eigenvalue weighted by atomic mass is 9.98. The number of hydrogen-bond donors (Lipinski definition) is 2. The Bertz CT molecular complexity index is 1330. The zero-order chi connectivity index (χ0) is 27.0. The SMILES string of the molecule is C[C@@H](NC(=O)c1ccccc1NC(=O)[C@H]1CCCN(S(=O)(=O)CCCc2ccccc2)C1)c1ccccc1. The quantitative estimate of drug-likeness (QED) is 0.392. The Morgan fingerprint density at radius 3 is 2.34 bits per heavy atom. The van der Waals surface area contributed by atoms with E-state index in [0.717, 1.165) is 11.1 Å². The lowest BCUT2D eigenvalue weighted by Crippen LogP contribution is -2.44. The molecule has 2 N–H and O–H groups in total. The monoisotopic (exact) mass is 533 g/mol. The summed E-state index contributed by atoms with van der Waals surface area (Å²) < 4.78 is 27.5. The fourth-order valence-corrected chi connectivity index (χ4v) is 6.35. The Hall–Kier alpha value is -3.49. The van der Waals surface area contributed by atoms with Crippen molar-refractivity contribution in [2.75, 3.05) is 24.2 Å². The Morgan fingerprint density at radius 2 is 1.61 bits per heavy atom. The van der Waals surface area contributed by atoms with E-state index >= 15 is 0 Å². The largest absolute Gasteiger partial charge is 0.345 e. The first kappa shape index (κ1) is 27.5. The molecule has 38 heavy (non-hydrogen) atoms. The van der Waals surface area contributed by atoms with Gasteiger partial charge in [0.05, 0.1) is 29.0 Å². The van der Waals surface area contributed by atoms with E-state index in [1.165, 1.54) is 4.31 Å². The Kier molecular flexibility index (Phi) is 9.31. The van der Waals surface area contributed by atoms with E-state index in [9.17, 15) is 18.0 Å². The number of amides is 2. The first-order valence-electron chi connectivity index (χ1n) is 13.1. The van der Waals surface area contributed by atoms with Crippen LogP contribution >= 0.6 is 0 Å². The van der Waals surface area contributed by atoms with Gasteiger partial charge < -0.3 is 10.6 Å². The zero-order valence-corrected chi connectivity index (χ0v) is 22.5. The Morgan fingerprint density at radius 1 is 0.947 bits per heavy atom. The lowest BCUT2D eigenvalue weighted by Gasteiger charge is -2.31. The molecule has 1 heterocycles. The van der Waals surface area contributed by atoms with Crippen LogP contribution in [0.3, 0.4) is 0 Å². The van der Waals surface area contributed by atoms with Crippen LogP contribution in [0, 0.1) is 5.92 Å². The molecule has 8 heteroatoms. The van der Waals surface area contributed by atoms with E-state index < -0.39 is 15.9 Å². The molecule has 0 aliphatic carbocycles. The molecule has 3 aromatic rings. The third kappa shape index (κ3) is 7.30. The second-order valence-corrected chi connectivity index (χ2v) is 11.8. The van der Waals surface area contributed by atoms with Gasteiger partial charge in [-0.25, -0.2) is 12.7 Å². The molecular weight excluding hydrogens is 498 g/mol. The molecule has 0 bridgehead atoms. The summed E-state index contributed by atoms with van der Waals surface area (Å²) in [6.45, 7) is 2.48. The number of rotatable bonds is 10. The van der Waals surface area contributed by atoms with Gasteiger partial charge in [0.25, 0.3) is 5.91 Å². The molecule has 0 unspecified atom stereocenters. The van der Waals surface area contributed by atoms with Crippen molar-refractivity contribution in [3.05, 3.63) is 102 Å². The summed E-state index contributed by atoms with van der Waals surface area (Å²) >= 11 is 0. The number of piperidine rings is 1. The number of hydrogen-bond acceptors (Lipinski definition) is 4. The summed E-state index contributed by atoms with van der Waals surface area (Å²) in [4.78, 5) is 26.2. The average Bonchev–Trinajstić information content (AvgIpc) is 2.94. The van der Waals surface area contributed by atoms with Crippen molar-refractivity contribution in [2.24, 2.45) is 5.92 Å². The molecule has 0 spiro atoms. The Balaban J connectivity index is 1.36. The summed E-state index contributed by atoms with van der Waals surface area (Å²) in [7, 11) is -3.47. The number of carbonyl (C=O) groups excluding carboxylic acids is 2. The molecule has 2 atom stereocenters. The van der Waals surface area contributed by atoms with Gasteiger partial charge in [-0.3, -0.25) is 9.59 Å². The molecule has 4 rings (SSSR count). The maximum Gasteiger partial charge on any atom is 0.253 e. The van der Waals surface area contributed by atoms with E-state index in [-0.39, 0.29) is 30.2 Å². The van der Waals surface area contributed by atoms with Gasteiger partial charge in [0.1, 0.15) is 0 Å². The van der Waals surface area contributed by atoms with E-state index in [0.29, 0.717) is 43.5 Å². The molecule has 0 saturated carbocycles. The predicted molar refractivity (Wildman–Crippen MR) is 150 cm³/mol. The molecule has 2 amide bonds. The highest BCUT2D eigenvalue weighted by atomic mass is 32.2. The summed E-state index contributed by atoms with van der Waals surface area (Å²) in [5, 5.41) is 5.88. The standard InChI is InChI=1S/C30H35N3O4S/c1-23(25-15-6-3-7-16-25)31-30(35)27-18-8-9-19-28(27)32-29(34)26-17-10-20-33(22-26)38(36,37)21-11-14-24-12-4-2-5-13-24/h2-9,12-13,15-16,18-19,23,26H,10-11,14,17,20-22H2,1H3,(H,31,35)(H,32,34)/t23-,26+/m1/s1. The van der Waals surface area contributed by atoms with Crippen LogP contribution in [0.4, 0.5) is 5.69 Å². The van der Waals surface area contributed by atoms with Crippen molar-refractivity contribution in [1.82, 2.24) is 9.62 Å². The number of nitrogens with one attached hydrogen (secondary N) is 2. The topological polar surface area (TPSA) is 95.6 Å². The van der Waals surface area contributed by atoms with Gasteiger partial charge >= 0.3 is 0 Å². The maximum absolute atomic E-state index is 13.2. The molecule has 200 valence electrons. The Labute approximate surface area is 225 Å². The first-order valence-corrected chi connectivity index (χ1v) is 14.7. The number of sulfonamides is 1. The van der Waals surface area contributed by atoms with Gasteiger partial charge in [-0.05, 0) is 55.9 Å². The molecule has 1 fully saturated rings. The van der Waals surface area contributed by atoms with Crippen molar-refractivity contribution < 1.29 is 18.0 Å². The highest BCUT2D eigenvalue weighted by molar-refractivity contribution is 7.89. The minimum Gasteiger partial charge on any atom is -0.345 e. The van der Waals surface area contributed by atoms with Gasteiger partial charge in [0.15, 0.2) is 0 Å². The van der Waals surface area contributed by atoms with Crippen LogP contribution < -0.4 is 10.6 Å². The predicted octanol–water partition coefficient (Wildman–Crippen LogP) is 4.79. The van der Waals surface area contributed by atoms with Gasteiger partial charge in [-0.2, -0.15) is 0 Å². The minimum absolute atomic E-state index is 0.0544. The van der Waals surface area contributed by atoms with E-state index in [2.05, 4.69) is 10.6 Å². The van der Waals surface area contributed by atoms with Crippen molar-refractivity contribution >= 4 is 27.5 Å². The molecule has 1 aliphatic rings. The van der Waals surface area contributed by atoms with Crippen LogP contribution in [0.2, 0.25) is 0 Å². The van der Waals surface area contributed by atoms with Crippen molar-refractivity contribution in [2.45, 2.75) is 38.6 Å². The average molecular weight is 534 g/mol. The number of aryl methyl sites for hydroxylation is 1. The summed E-state index contributed by atoms with van der Waals surface area (Å²) in [5.41, 5.74) is 2.87. The van der Waals surface area contributed by atoms with Crippen molar-refractivity contribution in [3.8, 4) is 0 Å². The molecule has 7 nitrogen and oxygen atoms in total. The fraction of sp³-hybridized carbons (Fsp3) is 0.333. The van der Waals surface area contributed by atoms with Crippen LogP contribution in [0.15, 0.2) is 84.9 Å². The van der Waals surface area contributed by atoms with Gasteiger partial charge in [0.2, 0.25) is 15.9 Å². The van der Waals surface area contributed by atoms with Crippen molar-refractivity contribution in [3.63, 3.8) is 0 Å². The second-order valence-electron chi connectivity index (χ2n) is 9.74. The third-order valence-corrected chi connectivity index (χ3v) is 8.86. The normalized spacial score (nSPS) is 16.9. The van der Waals surface area contributed by atoms with Crippen molar-refractivity contribution in [1.29, 1.82) is 0 Å². The third-order valence-electron chi connectivity index (χ3n) is 6.94. The van der Waals surface area contributed by atoms with E-state index in [1.807, 2.05) is 67.6 Å². The maximum atomic E-state index is 13.2. The highest BCUT2D eigenvalue weighted by Gasteiger charge is 2.32. The molecule has 3 aromatic carbocycles. The number of benzene rings is 3. The molecule has 1 aliphatic heterocycles. The van der Waals surface area contributed by atoms with Gasteiger partial charge in [-0.1, -0.05) is 72.8 Å². The number of carbonyl (C=O) groups is 2. The lowest BCUT2D eigenvalue weighted by molar-refractivity contribution is -0.120. The number of para-hydroxylation sites is 1. The fourth-order valence-electron chi connectivity index (χ4n) is 4.77. The van der Waals surface area contributed by atoms with E-state index in [1.54, 1.807) is 24.3 Å². The second kappa shape index (κ2) is 12.8. The molecule has 0 radical (unpaired) electrons.